The zero-order chi connectivity index (χ0) is 13.3. The van der Waals surface area contributed by atoms with E-state index < -0.39 is 5.97 Å². The predicted octanol–water partition coefficient (Wildman–Crippen LogP) is 2.58. The van der Waals surface area contributed by atoms with Crippen molar-refractivity contribution in [2.24, 2.45) is 0 Å². The van der Waals surface area contributed by atoms with Gasteiger partial charge in [-0.25, -0.2) is 9.48 Å². The van der Waals surface area contributed by atoms with Gasteiger partial charge < -0.3 is 4.74 Å². The zero-order valence-corrected chi connectivity index (χ0v) is 11.0. The van der Waals surface area contributed by atoms with E-state index in [0.29, 0.717) is 5.69 Å². The maximum atomic E-state index is 11.6. The third-order valence-electron chi connectivity index (χ3n) is 2.94. The highest BCUT2D eigenvalue weighted by Gasteiger charge is 2.16. The third-order valence-corrected chi connectivity index (χ3v) is 2.94. The van der Waals surface area contributed by atoms with Gasteiger partial charge in [0.05, 0.1) is 12.8 Å². The second-order valence-corrected chi connectivity index (χ2v) is 4.34. The molecule has 0 spiro atoms. The van der Waals surface area contributed by atoms with Gasteiger partial charge in [-0.2, -0.15) is 5.10 Å². The van der Waals surface area contributed by atoms with Crippen LogP contribution in [0.5, 0.6) is 0 Å². The SMILES string of the molecule is COC(=O)c1nn(-c2c(C)cccc2C)cc1C. The highest BCUT2D eigenvalue weighted by atomic mass is 16.5. The molecule has 4 heteroatoms. The lowest BCUT2D eigenvalue weighted by Crippen LogP contribution is -2.06. The van der Waals surface area contributed by atoms with E-state index in [1.54, 1.807) is 4.68 Å². The van der Waals surface area contributed by atoms with Crippen molar-refractivity contribution in [3.8, 4) is 5.69 Å². The lowest BCUT2D eigenvalue weighted by Gasteiger charge is -2.08. The van der Waals surface area contributed by atoms with Crippen LogP contribution in [0.15, 0.2) is 24.4 Å². The molecule has 0 N–H and O–H groups in total. The van der Waals surface area contributed by atoms with Crippen molar-refractivity contribution in [2.75, 3.05) is 7.11 Å². The molecule has 0 saturated carbocycles. The molecule has 2 rings (SSSR count). The van der Waals surface area contributed by atoms with E-state index in [1.165, 1.54) is 7.11 Å². The van der Waals surface area contributed by atoms with Gasteiger partial charge in [0.15, 0.2) is 5.69 Å². The largest absolute Gasteiger partial charge is 0.464 e. The number of carbonyl (C=O) groups is 1. The first kappa shape index (κ1) is 12.4. The molecule has 1 aromatic heterocycles. The van der Waals surface area contributed by atoms with Gasteiger partial charge in [-0.3, -0.25) is 0 Å². The Labute approximate surface area is 106 Å². The molecule has 0 radical (unpaired) electrons. The van der Waals surface area contributed by atoms with Crippen molar-refractivity contribution in [1.29, 1.82) is 0 Å². The minimum Gasteiger partial charge on any atom is -0.464 e. The molecule has 0 bridgehead atoms. The molecular weight excluding hydrogens is 228 g/mol. The molecular formula is C14H16N2O2. The first-order valence-electron chi connectivity index (χ1n) is 5.75. The Bertz CT molecular complexity index is 580. The van der Waals surface area contributed by atoms with E-state index in [1.807, 2.05) is 45.2 Å². The summed E-state index contributed by atoms with van der Waals surface area (Å²) >= 11 is 0. The summed E-state index contributed by atoms with van der Waals surface area (Å²) in [5.74, 6) is -0.405. The summed E-state index contributed by atoms with van der Waals surface area (Å²) in [5, 5.41) is 4.31. The number of hydrogen-bond acceptors (Lipinski definition) is 3. The van der Waals surface area contributed by atoms with E-state index in [2.05, 4.69) is 5.10 Å². The van der Waals surface area contributed by atoms with Crippen LogP contribution in [0.1, 0.15) is 27.2 Å². The van der Waals surface area contributed by atoms with Crippen LogP contribution in [0.3, 0.4) is 0 Å². The van der Waals surface area contributed by atoms with E-state index in [-0.39, 0.29) is 0 Å². The van der Waals surface area contributed by atoms with Gasteiger partial charge in [0.1, 0.15) is 0 Å². The van der Waals surface area contributed by atoms with Crippen molar-refractivity contribution >= 4 is 5.97 Å². The zero-order valence-electron chi connectivity index (χ0n) is 11.0. The monoisotopic (exact) mass is 244 g/mol. The van der Waals surface area contributed by atoms with E-state index >= 15 is 0 Å². The molecule has 94 valence electrons. The number of rotatable bonds is 2. The Morgan fingerprint density at radius 2 is 1.78 bits per heavy atom. The average Bonchev–Trinajstić information content (AvgIpc) is 2.70. The number of carbonyl (C=O) groups excluding carboxylic acids is 1. The Kier molecular flexibility index (Phi) is 3.19. The molecule has 4 nitrogen and oxygen atoms in total. The molecule has 1 heterocycles. The quantitative estimate of drug-likeness (QED) is 0.763. The van der Waals surface area contributed by atoms with Gasteiger partial charge in [0.25, 0.3) is 0 Å². The normalized spacial score (nSPS) is 10.4. The number of para-hydroxylation sites is 1. The highest BCUT2D eigenvalue weighted by Crippen LogP contribution is 2.19. The molecule has 0 aliphatic heterocycles. The Balaban J connectivity index is 2.56. The maximum Gasteiger partial charge on any atom is 0.358 e. The maximum absolute atomic E-state index is 11.6. The summed E-state index contributed by atoms with van der Waals surface area (Å²) in [6.07, 6.45) is 1.85. The molecule has 0 saturated heterocycles. The summed E-state index contributed by atoms with van der Waals surface area (Å²) in [4.78, 5) is 11.6. The Morgan fingerprint density at radius 1 is 1.17 bits per heavy atom. The Hall–Kier alpha value is -2.10. The molecule has 1 aromatic carbocycles. The predicted molar refractivity (Wildman–Crippen MR) is 69.1 cm³/mol. The number of benzene rings is 1. The van der Waals surface area contributed by atoms with Crippen molar-refractivity contribution < 1.29 is 9.53 Å². The topological polar surface area (TPSA) is 44.1 Å². The first-order valence-corrected chi connectivity index (χ1v) is 5.75. The van der Waals surface area contributed by atoms with E-state index in [0.717, 1.165) is 22.4 Å². The van der Waals surface area contributed by atoms with Crippen LogP contribution >= 0.6 is 0 Å². The van der Waals surface area contributed by atoms with Gasteiger partial charge in [0.2, 0.25) is 0 Å². The average molecular weight is 244 g/mol. The summed E-state index contributed by atoms with van der Waals surface area (Å²) < 4.78 is 6.45. The standard InChI is InChI=1S/C14H16N2O2/c1-9-6-5-7-10(2)13(9)16-8-11(3)12(15-16)14(17)18-4/h5-8H,1-4H3. The molecule has 0 amide bonds. The number of nitrogens with zero attached hydrogens (tertiary/aromatic N) is 2. The molecule has 0 aliphatic carbocycles. The van der Waals surface area contributed by atoms with Crippen LogP contribution in [0.2, 0.25) is 0 Å². The van der Waals surface area contributed by atoms with Crippen LogP contribution in [0, 0.1) is 20.8 Å². The number of methoxy groups -OCH3 is 1. The fraction of sp³-hybridized carbons (Fsp3) is 0.286. The number of hydrogen-bond donors (Lipinski definition) is 0. The van der Waals surface area contributed by atoms with Crippen LogP contribution in [-0.2, 0) is 4.74 Å². The number of aromatic nitrogens is 2. The fourth-order valence-corrected chi connectivity index (χ4v) is 2.04. The van der Waals surface area contributed by atoms with Crippen molar-refractivity contribution in [3.63, 3.8) is 0 Å². The smallest absolute Gasteiger partial charge is 0.358 e. The van der Waals surface area contributed by atoms with Crippen LogP contribution in [0.25, 0.3) is 5.69 Å². The van der Waals surface area contributed by atoms with Crippen LogP contribution < -0.4 is 0 Å². The van der Waals surface area contributed by atoms with Gasteiger partial charge in [0, 0.05) is 11.8 Å². The number of aryl methyl sites for hydroxylation is 3. The van der Waals surface area contributed by atoms with Crippen LogP contribution in [-0.4, -0.2) is 22.9 Å². The summed E-state index contributed by atoms with van der Waals surface area (Å²) in [7, 11) is 1.36. The molecule has 18 heavy (non-hydrogen) atoms. The molecule has 0 aliphatic rings. The van der Waals surface area contributed by atoms with Crippen molar-refractivity contribution in [3.05, 3.63) is 46.8 Å². The second-order valence-electron chi connectivity index (χ2n) is 4.34. The summed E-state index contributed by atoms with van der Waals surface area (Å²) in [5.41, 5.74) is 4.42. The highest BCUT2D eigenvalue weighted by molar-refractivity contribution is 5.88. The third kappa shape index (κ3) is 2.01. The van der Waals surface area contributed by atoms with Crippen molar-refractivity contribution in [1.82, 2.24) is 9.78 Å². The number of ether oxygens (including phenoxy) is 1. The molecule has 0 unspecified atom stereocenters. The number of esters is 1. The van der Waals surface area contributed by atoms with E-state index in [4.69, 9.17) is 4.74 Å². The van der Waals surface area contributed by atoms with Gasteiger partial charge in [-0.1, -0.05) is 18.2 Å². The fourth-order valence-electron chi connectivity index (χ4n) is 2.04. The van der Waals surface area contributed by atoms with Gasteiger partial charge >= 0.3 is 5.97 Å². The minimum absolute atomic E-state index is 0.361. The van der Waals surface area contributed by atoms with Crippen LogP contribution in [0.4, 0.5) is 0 Å². The molecule has 0 fully saturated rings. The molecule has 0 atom stereocenters. The summed E-state index contributed by atoms with van der Waals surface area (Å²) in [6.45, 7) is 5.90. The lowest BCUT2D eigenvalue weighted by molar-refractivity contribution is 0.0592. The second kappa shape index (κ2) is 4.64. The van der Waals surface area contributed by atoms with E-state index in [9.17, 15) is 4.79 Å². The van der Waals surface area contributed by atoms with Gasteiger partial charge in [-0.05, 0) is 31.9 Å². The van der Waals surface area contributed by atoms with Crippen molar-refractivity contribution in [2.45, 2.75) is 20.8 Å². The van der Waals surface area contributed by atoms with Gasteiger partial charge in [-0.15, -0.1) is 0 Å². The minimum atomic E-state index is -0.405. The Morgan fingerprint density at radius 3 is 2.33 bits per heavy atom. The first-order chi connectivity index (χ1) is 8.54. The summed E-state index contributed by atoms with van der Waals surface area (Å²) in [6, 6.07) is 6.06. The molecule has 2 aromatic rings. The lowest BCUT2D eigenvalue weighted by atomic mass is 10.1.